The minimum atomic E-state index is -0.703. The Bertz CT molecular complexity index is 1210. The summed E-state index contributed by atoms with van der Waals surface area (Å²) >= 11 is 0. The van der Waals surface area contributed by atoms with Gasteiger partial charge < -0.3 is 25.1 Å². The zero-order valence-corrected chi connectivity index (χ0v) is 19.0. The monoisotopic (exact) mass is 467 g/mol. The van der Waals surface area contributed by atoms with Crippen molar-refractivity contribution in [3.8, 4) is 0 Å². The first-order valence-electron chi connectivity index (χ1n) is 11.4. The van der Waals surface area contributed by atoms with Crippen LogP contribution in [-0.4, -0.2) is 54.5 Å². The molecule has 0 spiro atoms. The van der Waals surface area contributed by atoms with Crippen LogP contribution in [0.4, 0.5) is 10.1 Å². The number of benzene rings is 1. The molecule has 2 fully saturated rings. The maximum absolute atomic E-state index is 13.7. The number of aromatic nitrogens is 1. The molecule has 0 radical (unpaired) electrons. The highest BCUT2D eigenvalue weighted by molar-refractivity contribution is 6.34. The van der Waals surface area contributed by atoms with Crippen molar-refractivity contribution in [2.24, 2.45) is 5.92 Å². The summed E-state index contributed by atoms with van der Waals surface area (Å²) in [5.74, 6) is -0.979. The predicted octanol–water partition coefficient (Wildman–Crippen LogP) is 2.76. The van der Waals surface area contributed by atoms with Gasteiger partial charge in [-0.3, -0.25) is 14.4 Å². The van der Waals surface area contributed by atoms with Gasteiger partial charge in [0.25, 0.3) is 11.8 Å². The molecule has 3 aliphatic rings. The fourth-order valence-corrected chi connectivity index (χ4v) is 4.91. The summed E-state index contributed by atoms with van der Waals surface area (Å²) in [5, 5.41) is 5.52. The molecule has 3 aliphatic heterocycles. The lowest BCUT2D eigenvalue weighted by Crippen LogP contribution is -2.42. The first-order chi connectivity index (χ1) is 16.3. The number of aryl methyl sites for hydroxylation is 1. The molecular weight excluding hydrogens is 441 g/mol. The molecule has 2 amide bonds. The van der Waals surface area contributed by atoms with E-state index in [0.29, 0.717) is 64.9 Å². The minimum absolute atomic E-state index is 0.116. The number of fused-ring (bicyclic) bond motifs is 1. The van der Waals surface area contributed by atoms with Gasteiger partial charge in [-0.15, -0.1) is 0 Å². The van der Waals surface area contributed by atoms with Crippen LogP contribution in [0.2, 0.25) is 0 Å². The molecule has 2 saturated heterocycles. The standard InChI is InChI=1S/C25H26FN3O5/c1-12-19(9-17-16-8-15(26)3-4-18(16)28-24(17)31)27-13(2)22(12)25(32)29-20-11-34-21(23(20)30)7-14-5-6-33-10-14/h3-4,8-9,14,20-21,27H,5-7,10-11H2,1-2H3,(H,28,31)(H,29,32)/b17-9-/t14?,20-,21+/m1/s1. The van der Waals surface area contributed by atoms with Crippen molar-refractivity contribution >= 4 is 34.9 Å². The third-order valence-electron chi connectivity index (χ3n) is 6.76. The number of H-pyrrole nitrogens is 1. The van der Waals surface area contributed by atoms with E-state index in [1.54, 1.807) is 19.9 Å². The largest absolute Gasteiger partial charge is 0.381 e. The topological polar surface area (TPSA) is 110 Å². The summed E-state index contributed by atoms with van der Waals surface area (Å²) in [6.45, 7) is 5.00. The van der Waals surface area contributed by atoms with Gasteiger partial charge in [0.1, 0.15) is 18.0 Å². The minimum Gasteiger partial charge on any atom is -0.381 e. The van der Waals surface area contributed by atoms with Crippen molar-refractivity contribution in [1.29, 1.82) is 0 Å². The van der Waals surface area contributed by atoms with Crippen LogP contribution in [0.25, 0.3) is 11.6 Å². The number of nitrogens with one attached hydrogen (secondary N) is 3. The number of hydrogen-bond donors (Lipinski definition) is 3. The SMILES string of the molecule is Cc1[nH]c(/C=C2\C(=O)Nc3ccc(F)cc32)c(C)c1C(=O)N[C@@H]1CO[C@@H](CC2CCOC2)C1=O. The smallest absolute Gasteiger partial charge is 0.256 e. The van der Waals surface area contributed by atoms with Crippen molar-refractivity contribution in [2.45, 2.75) is 38.8 Å². The number of rotatable bonds is 5. The number of halogens is 1. The highest BCUT2D eigenvalue weighted by Crippen LogP contribution is 2.34. The quantitative estimate of drug-likeness (QED) is 0.586. The van der Waals surface area contributed by atoms with E-state index in [2.05, 4.69) is 15.6 Å². The number of Topliss-reactive ketones (excluding diaryl/α,β-unsaturated/α-hetero) is 1. The molecule has 5 rings (SSSR count). The zero-order chi connectivity index (χ0) is 24.0. The van der Waals surface area contributed by atoms with Crippen LogP contribution < -0.4 is 10.6 Å². The molecule has 0 bridgehead atoms. The average molecular weight is 467 g/mol. The van der Waals surface area contributed by atoms with Crippen LogP contribution in [-0.2, 0) is 19.1 Å². The molecule has 2 aromatic rings. The molecule has 0 aliphatic carbocycles. The molecular formula is C25H26FN3O5. The van der Waals surface area contributed by atoms with Gasteiger partial charge in [0.05, 0.1) is 17.7 Å². The Morgan fingerprint density at radius 1 is 1.26 bits per heavy atom. The average Bonchev–Trinajstić information content (AvgIpc) is 3.55. The maximum atomic E-state index is 13.7. The van der Waals surface area contributed by atoms with Gasteiger partial charge in [-0.25, -0.2) is 4.39 Å². The first kappa shape index (κ1) is 22.5. The van der Waals surface area contributed by atoms with Gasteiger partial charge in [0, 0.05) is 35.9 Å². The van der Waals surface area contributed by atoms with Gasteiger partial charge in [0.15, 0.2) is 5.78 Å². The maximum Gasteiger partial charge on any atom is 0.256 e. The second kappa shape index (κ2) is 8.81. The molecule has 1 aromatic heterocycles. The van der Waals surface area contributed by atoms with Gasteiger partial charge in [-0.2, -0.15) is 0 Å². The molecule has 4 heterocycles. The van der Waals surface area contributed by atoms with E-state index in [0.717, 1.165) is 6.42 Å². The van der Waals surface area contributed by atoms with Crippen LogP contribution in [0, 0.1) is 25.6 Å². The molecule has 34 heavy (non-hydrogen) atoms. The molecule has 178 valence electrons. The van der Waals surface area contributed by atoms with Crippen molar-refractivity contribution in [2.75, 3.05) is 25.1 Å². The molecule has 9 heteroatoms. The Labute approximate surface area is 195 Å². The summed E-state index contributed by atoms with van der Waals surface area (Å²) in [6.07, 6.45) is 2.62. The van der Waals surface area contributed by atoms with E-state index in [-0.39, 0.29) is 24.2 Å². The Kier molecular flexibility index (Phi) is 5.83. The third-order valence-corrected chi connectivity index (χ3v) is 6.76. The number of carbonyl (C=O) groups excluding carboxylic acids is 3. The number of anilines is 1. The lowest BCUT2D eigenvalue weighted by atomic mass is 9.97. The predicted molar refractivity (Wildman–Crippen MR) is 123 cm³/mol. The van der Waals surface area contributed by atoms with E-state index in [4.69, 9.17) is 9.47 Å². The normalized spacial score (nSPS) is 25.1. The van der Waals surface area contributed by atoms with Crippen LogP contribution >= 0.6 is 0 Å². The lowest BCUT2D eigenvalue weighted by Gasteiger charge is -2.13. The number of ketones is 1. The van der Waals surface area contributed by atoms with Crippen molar-refractivity contribution in [3.63, 3.8) is 0 Å². The van der Waals surface area contributed by atoms with E-state index >= 15 is 0 Å². The van der Waals surface area contributed by atoms with E-state index in [9.17, 15) is 18.8 Å². The zero-order valence-electron chi connectivity index (χ0n) is 19.0. The molecule has 3 atom stereocenters. The Balaban J connectivity index is 1.33. The van der Waals surface area contributed by atoms with Crippen LogP contribution in [0.5, 0.6) is 0 Å². The highest BCUT2D eigenvalue weighted by atomic mass is 19.1. The number of aromatic amines is 1. The summed E-state index contributed by atoms with van der Waals surface area (Å²) in [5.41, 5.74) is 3.52. The van der Waals surface area contributed by atoms with Crippen LogP contribution in [0.1, 0.15) is 45.7 Å². The van der Waals surface area contributed by atoms with Gasteiger partial charge in [0.2, 0.25) is 0 Å². The Morgan fingerprint density at radius 3 is 2.85 bits per heavy atom. The number of ether oxygens (including phenoxy) is 2. The summed E-state index contributed by atoms with van der Waals surface area (Å²) < 4.78 is 24.8. The lowest BCUT2D eigenvalue weighted by molar-refractivity contribution is -0.124. The molecule has 3 N–H and O–H groups in total. The van der Waals surface area contributed by atoms with E-state index in [1.807, 2.05) is 0 Å². The van der Waals surface area contributed by atoms with Gasteiger partial charge >= 0.3 is 0 Å². The molecule has 1 aromatic carbocycles. The highest BCUT2D eigenvalue weighted by Gasteiger charge is 2.38. The second-order valence-electron chi connectivity index (χ2n) is 9.08. The number of carbonyl (C=O) groups is 3. The summed E-state index contributed by atoms with van der Waals surface area (Å²) in [4.78, 5) is 41.5. The molecule has 8 nitrogen and oxygen atoms in total. The van der Waals surface area contributed by atoms with E-state index in [1.165, 1.54) is 18.2 Å². The van der Waals surface area contributed by atoms with Crippen molar-refractivity contribution < 1.29 is 28.2 Å². The number of hydrogen-bond acceptors (Lipinski definition) is 5. The Hall–Kier alpha value is -3.30. The van der Waals surface area contributed by atoms with Gasteiger partial charge in [-0.05, 0) is 62.4 Å². The second-order valence-corrected chi connectivity index (χ2v) is 9.08. The van der Waals surface area contributed by atoms with Crippen LogP contribution in [0.3, 0.4) is 0 Å². The van der Waals surface area contributed by atoms with Crippen molar-refractivity contribution in [1.82, 2.24) is 10.3 Å². The fourth-order valence-electron chi connectivity index (χ4n) is 4.91. The summed E-state index contributed by atoms with van der Waals surface area (Å²) in [6, 6.07) is 3.40. The number of amides is 2. The summed E-state index contributed by atoms with van der Waals surface area (Å²) in [7, 11) is 0. The molecule has 1 unspecified atom stereocenters. The fraction of sp³-hybridized carbons (Fsp3) is 0.400. The Morgan fingerprint density at radius 2 is 2.09 bits per heavy atom. The van der Waals surface area contributed by atoms with Crippen molar-refractivity contribution in [3.05, 3.63) is 52.1 Å². The molecule has 0 saturated carbocycles. The van der Waals surface area contributed by atoms with Crippen LogP contribution in [0.15, 0.2) is 18.2 Å². The van der Waals surface area contributed by atoms with Gasteiger partial charge in [-0.1, -0.05) is 0 Å². The third kappa shape index (κ3) is 4.05. The first-order valence-corrected chi connectivity index (χ1v) is 11.4. The van der Waals surface area contributed by atoms with E-state index < -0.39 is 18.0 Å².